The second kappa shape index (κ2) is 7.62. The molecule has 1 fully saturated rings. The van der Waals surface area contributed by atoms with Crippen molar-refractivity contribution in [2.45, 2.75) is 25.9 Å². The Morgan fingerprint density at radius 2 is 2.07 bits per heavy atom. The van der Waals surface area contributed by atoms with Gasteiger partial charge in [0.1, 0.15) is 11.4 Å². The van der Waals surface area contributed by atoms with E-state index in [1.54, 1.807) is 4.90 Å². The molecule has 2 aromatic rings. The first-order valence-corrected chi connectivity index (χ1v) is 8.84. The number of piperidine rings is 1. The fourth-order valence-corrected chi connectivity index (χ4v) is 3.28. The summed E-state index contributed by atoms with van der Waals surface area (Å²) < 4.78 is 45.4. The molecule has 27 heavy (non-hydrogen) atoms. The third kappa shape index (κ3) is 4.43. The Morgan fingerprint density at radius 1 is 1.33 bits per heavy atom. The molecule has 1 aromatic carbocycles. The van der Waals surface area contributed by atoms with Crippen LogP contribution in [0.15, 0.2) is 30.3 Å². The van der Waals surface area contributed by atoms with Gasteiger partial charge in [-0.15, -0.1) is 0 Å². The van der Waals surface area contributed by atoms with Crippen LogP contribution in [0.5, 0.6) is 5.75 Å². The zero-order chi connectivity index (χ0) is 19.6. The minimum absolute atomic E-state index is 0.0530. The molecular formula is C19H22F3N3O2. The molecule has 1 amide bonds. The summed E-state index contributed by atoms with van der Waals surface area (Å²) in [5.41, 5.74) is -0.0663. The number of likely N-dealkylation sites (tertiary alicyclic amines) is 1. The lowest BCUT2D eigenvalue weighted by atomic mass is 9.98. The van der Waals surface area contributed by atoms with Crippen molar-refractivity contribution < 1.29 is 22.7 Å². The van der Waals surface area contributed by atoms with E-state index in [4.69, 9.17) is 4.74 Å². The molecule has 1 saturated heterocycles. The van der Waals surface area contributed by atoms with Gasteiger partial charge in [0.25, 0.3) is 5.91 Å². The van der Waals surface area contributed by atoms with Crippen molar-refractivity contribution in [3.63, 3.8) is 0 Å². The maximum atomic E-state index is 12.8. The van der Waals surface area contributed by atoms with E-state index in [9.17, 15) is 18.0 Å². The Bertz CT molecular complexity index is 817. The molecule has 146 valence electrons. The predicted octanol–water partition coefficient (Wildman–Crippen LogP) is 3.68. The highest BCUT2D eigenvalue weighted by atomic mass is 19.4. The van der Waals surface area contributed by atoms with Gasteiger partial charge in [0.15, 0.2) is 5.69 Å². The number of ether oxygens (including phenoxy) is 1. The molecule has 1 aromatic heterocycles. The number of hydrogen-bond donors (Lipinski definition) is 0. The zero-order valence-electron chi connectivity index (χ0n) is 15.3. The van der Waals surface area contributed by atoms with Crippen LogP contribution in [0.1, 0.15) is 34.6 Å². The first-order valence-electron chi connectivity index (χ1n) is 8.84. The first-order chi connectivity index (χ1) is 12.8. The summed E-state index contributed by atoms with van der Waals surface area (Å²) in [5.74, 6) is 0.515. The third-order valence-corrected chi connectivity index (χ3v) is 4.76. The van der Waals surface area contributed by atoms with Crippen LogP contribution < -0.4 is 4.74 Å². The Hall–Kier alpha value is -2.51. The number of benzene rings is 1. The van der Waals surface area contributed by atoms with Crippen molar-refractivity contribution in [3.05, 3.63) is 47.3 Å². The number of carbonyl (C=O) groups is 1. The Kier molecular flexibility index (Phi) is 5.43. The minimum atomic E-state index is -4.57. The molecule has 0 spiro atoms. The van der Waals surface area contributed by atoms with E-state index < -0.39 is 17.8 Å². The highest BCUT2D eigenvalue weighted by Crippen LogP contribution is 2.29. The second-order valence-electron chi connectivity index (χ2n) is 6.87. The maximum Gasteiger partial charge on any atom is 0.435 e. The van der Waals surface area contributed by atoms with Crippen LogP contribution in [0.3, 0.4) is 0 Å². The van der Waals surface area contributed by atoms with Gasteiger partial charge in [-0.1, -0.05) is 18.2 Å². The Labute approximate surface area is 155 Å². The van der Waals surface area contributed by atoms with Crippen LogP contribution in [-0.4, -0.2) is 40.3 Å². The number of hydrogen-bond acceptors (Lipinski definition) is 3. The van der Waals surface area contributed by atoms with Gasteiger partial charge in [-0.3, -0.25) is 9.48 Å². The summed E-state index contributed by atoms with van der Waals surface area (Å²) in [6.45, 7) is 3.41. The van der Waals surface area contributed by atoms with Crippen molar-refractivity contribution in [2.75, 3.05) is 19.7 Å². The average Bonchev–Trinajstić information content (AvgIpc) is 3.03. The standard InChI is InChI=1S/C19H22F3N3O2/c1-13-6-3-4-8-16(13)27-12-14-7-5-9-25(11-14)18(26)15-10-17(19(20,21)22)23-24(15)2/h3-4,6,8,10,14H,5,7,9,11-12H2,1-2H3. The number of rotatable bonds is 4. The van der Waals surface area contributed by atoms with Crippen molar-refractivity contribution in [1.29, 1.82) is 0 Å². The van der Waals surface area contributed by atoms with E-state index in [1.807, 2.05) is 31.2 Å². The SMILES string of the molecule is Cc1ccccc1OCC1CCCN(C(=O)c2cc(C(F)(F)F)nn2C)C1. The number of amides is 1. The monoisotopic (exact) mass is 381 g/mol. The lowest BCUT2D eigenvalue weighted by Gasteiger charge is -2.32. The van der Waals surface area contributed by atoms with Crippen LogP contribution in [0.4, 0.5) is 13.2 Å². The van der Waals surface area contributed by atoms with E-state index >= 15 is 0 Å². The molecule has 1 aliphatic rings. The number of aromatic nitrogens is 2. The molecule has 0 N–H and O–H groups in total. The summed E-state index contributed by atoms with van der Waals surface area (Å²) in [5, 5.41) is 3.42. The quantitative estimate of drug-likeness (QED) is 0.812. The van der Waals surface area contributed by atoms with Crippen LogP contribution in [0, 0.1) is 12.8 Å². The average molecular weight is 381 g/mol. The normalized spacial score (nSPS) is 17.8. The van der Waals surface area contributed by atoms with Crippen LogP contribution in [-0.2, 0) is 13.2 Å². The number of alkyl halides is 3. The topological polar surface area (TPSA) is 47.4 Å². The zero-order valence-corrected chi connectivity index (χ0v) is 15.3. The number of aryl methyl sites for hydroxylation is 2. The number of para-hydroxylation sites is 1. The molecular weight excluding hydrogens is 359 g/mol. The smallest absolute Gasteiger partial charge is 0.435 e. The van der Waals surface area contributed by atoms with Gasteiger partial charge in [-0.2, -0.15) is 18.3 Å². The molecule has 0 aliphatic carbocycles. The van der Waals surface area contributed by atoms with Crippen molar-refractivity contribution in [1.82, 2.24) is 14.7 Å². The molecule has 0 bridgehead atoms. The van der Waals surface area contributed by atoms with Crippen molar-refractivity contribution in [2.24, 2.45) is 13.0 Å². The molecule has 1 atom stereocenters. The summed E-state index contributed by atoms with van der Waals surface area (Å²) in [6.07, 6.45) is -2.87. The van der Waals surface area contributed by atoms with Crippen LogP contribution in [0.2, 0.25) is 0 Å². The van der Waals surface area contributed by atoms with Gasteiger partial charge in [0.2, 0.25) is 0 Å². The molecule has 2 heterocycles. The lowest BCUT2D eigenvalue weighted by molar-refractivity contribution is -0.141. The van der Waals surface area contributed by atoms with Gasteiger partial charge >= 0.3 is 6.18 Å². The van der Waals surface area contributed by atoms with Crippen molar-refractivity contribution >= 4 is 5.91 Å². The maximum absolute atomic E-state index is 12.8. The highest BCUT2D eigenvalue weighted by Gasteiger charge is 2.36. The molecule has 0 saturated carbocycles. The van der Waals surface area contributed by atoms with Gasteiger partial charge in [0, 0.05) is 32.1 Å². The summed E-state index contributed by atoms with van der Waals surface area (Å²) >= 11 is 0. The first kappa shape index (κ1) is 19.3. The van der Waals surface area contributed by atoms with E-state index in [0.717, 1.165) is 34.9 Å². The van der Waals surface area contributed by atoms with Gasteiger partial charge in [-0.05, 0) is 31.4 Å². The number of carbonyl (C=O) groups excluding carboxylic acids is 1. The molecule has 3 rings (SSSR count). The fraction of sp³-hybridized carbons (Fsp3) is 0.474. The number of halogens is 3. The number of nitrogens with zero attached hydrogens (tertiary/aromatic N) is 3. The lowest BCUT2D eigenvalue weighted by Crippen LogP contribution is -2.42. The van der Waals surface area contributed by atoms with E-state index in [0.29, 0.717) is 19.7 Å². The summed E-state index contributed by atoms with van der Waals surface area (Å²) in [7, 11) is 1.35. The second-order valence-corrected chi connectivity index (χ2v) is 6.87. The predicted molar refractivity (Wildman–Crippen MR) is 93.5 cm³/mol. The minimum Gasteiger partial charge on any atom is -0.493 e. The van der Waals surface area contributed by atoms with Gasteiger partial charge < -0.3 is 9.64 Å². The molecule has 8 heteroatoms. The van der Waals surface area contributed by atoms with Gasteiger partial charge in [0.05, 0.1) is 6.61 Å². The van der Waals surface area contributed by atoms with E-state index in [2.05, 4.69) is 5.10 Å². The highest BCUT2D eigenvalue weighted by molar-refractivity contribution is 5.92. The van der Waals surface area contributed by atoms with Gasteiger partial charge in [-0.25, -0.2) is 0 Å². The van der Waals surface area contributed by atoms with E-state index in [-0.39, 0.29) is 11.6 Å². The third-order valence-electron chi connectivity index (χ3n) is 4.76. The van der Waals surface area contributed by atoms with Crippen LogP contribution in [0.25, 0.3) is 0 Å². The molecule has 1 aliphatic heterocycles. The Morgan fingerprint density at radius 3 is 2.74 bits per heavy atom. The summed E-state index contributed by atoms with van der Waals surface area (Å²) in [6, 6.07) is 8.52. The molecule has 1 unspecified atom stereocenters. The molecule has 5 nitrogen and oxygen atoms in total. The summed E-state index contributed by atoms with van der Waals surface area (Å²) in [4.78, 5) is 14.3. The van der Waals surface area contributed by atoms with Crippen LogP contribution >= 0.6 is 0 Å². The molecule has 0 radical (unpaired) electrons. The largest absolute Gasteiger partial charge is 0.493 e. The van der Waals surface area contributed by atoms with E-state index in [1.165, 1.54) is 7.05 Å². The Balaban J connectivity index is 1.65. The fourth-order valence-electron chi connectivity index (χ4n) is 3.28. The van der Waals surface area contributed by atoms with Crippen molar-refractivity contribution in [3.8, 4) is 5.75 Å².